The summed E-state index contributed by atoms with van der Waals surface area (Å²) in [5.74, 6) is 5.97. The second-order valence-electron chi connectivity index (χ2n) is 11.1. The molecule has 30 heavy (non-hydrogen) atoms. The summed E-state index contributed by atoms with van der Waals surface area (Å²) >= 11 is 0. The van der Waals surface area contributed by atoms with Gasteiger partial charge in [0.25, 0.3) is 0 Å². The van der Waals surface area contributed by atoms with E-state index < -0.39 is 0 Å². The van der Waals surface area contributed by atoms with Crippen LogP contribution in [0.4, 0.5) is 0 Å². The monoisotopic (exact) mass is 407 g/mol. The maximum absolute atomic E-state index is 13.4. The number of carbonyl (C=O) groups is 1. The Balaban J connectivity index is 1.34. The minimum atomic E-state index is 0.187. The number of rotatable bonds is 4. The van der Waals surface area contributed by atoms with E-state index in [9.17, 15) is 4.79 Å². The average molecular weight is 408 g/mol. The fourth-order valence-electron chi connectivity index (χ4n) is 8.84. The van der Waals surface area contributed by atoms with E-state index in [4.69, 9.17) is 5.26 Å². The molecule has 8 atom stereocenters. The summed E-state index contributed by atoms with van der Waals surface area (Å²) in [6.07, 6.45) is 16.6. The summed E-state index contributed by atoms with van der Waals surface area (Å²) in [4.78, 5) is 13.4. The van der Waals surface area contributed by atoms with Gasteiger partial charge >= 0.3 is 0 Å². The largest absolute Gasteiger partial charge is 0.297 e. The summed E-state index contributed by atoms with van der Waals surface area (Å²) in [5.41, 5.74) is 0.759. The number of fused-ring (bicyclic) bond motifs is 5. The van der Waals surface area contributed by atoms with E-state index in [-0.39, 0.29) is 11.3 Å². The molecule has 162 valence electrons. The number of aromatic nitrogens is 2. The van der Waals surface area contributed by atoms with Gasteiger partial charge in [0.15, 0.2) is 5.78 Å². The second kappa shape index (κ2) is 7.81. The van der Waals surface area contributed by atoms with Crippen LogP contribution >= 0.6 is 0 Å². The van der Waals surface area contributed by atoms with E-state index in [0.29, 0.717) is 17.9 Å². The standard InChI is InChI=1S/C26H37N3O/c1-3-26-11-10-21-20-6-4-17(2)12-19(20)5-7-22(21)23(26)8-9-24(26)25(30)16-29-15-18(13-27)14-28-29/h14-15,17,19-24H,3-12,16H2,1-2H3/t17-,19+,20-,21+,22+,23-,24+,26-/m0/s1. The van der Waals surface area contributed by atoms with E-state index in [2.05, 4.69) is 25.0 Å². The average Bonchev–Trinajstić information content (AvgIpc) is 3.37. The molecule has 0 spiro atoms. The molecule has 0 aromatic carbocycles. The fourth-order valence-corrected chi connectivity index (χ4v) is 8.84. The van der Waals surface area contributed by atoms with Crippen LogP contribution in [0.2, 0.25) is 0 Å². The molecule has 0 radical (unpaired) electrons. The summed E-state index contributed by atoms with van der Waals surface area (Å²) in [6, 6.07) is 2.12. The Labute approximate surface area is 181 Å². The molecular formula is C26H37N3O. The topological polar surface area (TPSA) is 58.7 Å². The van der Waals surface area contributed by atoms with Crippen molar-refractivity contribution in [3.8, 4) is 6.07 Å². The van der Waals surface area contributed by atoms with Gasteiger partial charge in [0.05, 0.1) is 18.3 Å². The van der Waals surface area contributed by atoms with E-state index in [1.165, 1.54) is 51.4 Å². The van der Waals surface area contributed by atoms with Crippen LogP contribution in [0, 0.1) is 58.2 Å². The van der Waals surface area contributed by atoms with Crippen molar-refractivity contribution in [3.05, 3.63) is 18.0 Å². The molecule has 0 saturated heterocycles. The highest BCUT2D eigenvalue weighted by Gasteiger charge is 2.59. The molecule has 4 aliphatic carbocycles. The first-order valence-corrected chi connectivity index (χ1v) is 12.5. The van der Waals surface area contributed by atoms with Crippen LogP contribution in [0.3, 0.4) is 0 Å². The molecule has 0 aliphatic heterocycles. The minimum absolute atomic E-state index is 0.187. The minimum Gasteiger partial charge on any atom is -0.297 e. The van der Waals surface area contributed by atoms with Gasteiger partial charge < -0.3 is 0 Å². The molecule has 0 N–H and O–H groups in total. The molecule has 4 aliphatic rings. The molecule has 1 heterocycles. The van der Waals surface area contributed by atoms with Gasteiger partial charge in [0, 0.05) is 12.1 Å². The SMILES string of the molecule is CC[C@]12CC[C@H]3[C@@H](CC[C@@H]4C[C@@H](C)CC[C@@H]43)[C@@H]1CC[C@@H]2C(=O)Cn1cc(C#N)cn1. The highest BCUT2D eigenvalue weighted by Crippen LogP contribution is 2.65. The summed E-state index contributed by atoms with van der Waals surface area (Å²) in [5, 5.41) is 13.3. The number of carbonyl (C=O) groups excluding carboxylic acids is 1. The molecule has 0 bridgehead atoms. The third kappa shape index (κ3) is 3.15. The van der Waals surface area contributed by atoms with Gasteiger partial charge in [0.2, 0.25) is 0 Å². The van der Waals surface area contributed by atoms with Gasteiger partial charge in [-0.05, 0) is 98.7 Å². The van der Waals surface area contributed by atoms with Crippen molar-refractivity contribution in [2.75, 3.05) is 0 Å². The maximum atomic E-state index is 13.4. The molecule has 4 heteroatoms. The van der Waals surface area contributed by atoms with Crippen LogP contribution in [0.1, 0.15) is 83.6 Å². The zero-order chi connectivity index (χ0) is 20.9. The Hall–Kier alpha value is -1.63. The number of hydrogen-bond donors (Lipinski definition) is 0. The number of hydrogen-bond acceptors (Lipinski definition) is 3. The van der Waals surface area contributed by atoms with Gasteiger partial charge in [-0.1, -0.05) is 20.3 Å². The lowest BCUT2D eigenvalue weighted by Gasteiger charge is -2.57. The first-order valence-electron chi connectivity index (χ1n) is 12.5. The molecular weight excluding hydrogens is 370 g/mol. The second-order valence-corrected chi connectivity index (χ2v) is 11.1. The van der Waals surface area contributed by atoms with Gasteiger partial charge in [0.1, 0.15) is 6.07 Å². The number of nitrogens with zero attached hydrogens (tertiary/aromatic N) is 3. The third-order valence-corrected chi connectivity index (χ3v) is 10.1. The van der Waals surface area contributed by atoms with Crippen molar-refractivity contribution in [1.29, 1.82) is 5.26 Å². The Morgan fingerprint density at radius 2 is 2.00 bits per heavy atom. The predicted molar refractivity (Wildman–Crippen MR) is 116 cm³/mol. The molecule has 1 aromatic rings. The summed E-state index contributed by atoms with van der Waals surface area (Å²) < 4.78 is 1.68. The van der Waals surface area contributed by atoms with Gasteiger partial charge in [-0.25, -0.2) is 0 Å². The predicted octanol–water partition coefficient (Wildman–Crippen LogP) is 5.62. The normalized spacial score (nSPS) is 42.6. The molecule has 4 saturated carbocycles. The van der Waals surface area contributed by atoms with Crippen LogP contribution in [0.15, 0.2) is 12.4 Å². The zero-order valence-corrected chi connectivity index (χ0v) is 18.7. The number of nitriles is 1. The summed E-state index contributed by atoms with van der Waals surface area (Å²) in [7, 11) is 0. The van der Waals surface area contributed by atoms with Crippen LogP contribution in [-0.4, -0.2) is 15.6 Å². The van der Waals surface area contributed by atoms with Crippen molar-refractivity contribution >= 4 is 5.78 Å². The van der Waals surface area contributed by atoms with Crippen molar-refractivity contribution in [1.82, 2.24) is 9.78 Å². The van der Waals surface area contributed by atoms with E-state index >= 15 is 0 Å². The highest BCUT2D eigenvalue weighted by molar-refractivity contribution is 5.82. The number of ketones is 1. The number of Topliss-reactive ketones (excluding diaryl/α,β-unsaturated/α-hetero) is 1. The van der Waals surface area contributed by atoms with Crippen LogP contribution < -0.4 is 0 Å². The molecule has 4 nitrogen and oxygen atoms in total. The Bertz CT molecular complexity index is 838. The Morgan fingerprint density at radius 1 is 1.17 bits per heavy atom. The van der Waals surface area contributed by atoms with Gasteiger partial charge in [-0.15, -0.1) is 0 Å². The van der Waals surface area contributed by atoms with E-state index in [1.54, 1.807) is 17.1 Å². The maximum Gasteiger partial charge on any atom is 0.157 e. The van der Waals surface area contributed by atoms with Crippen LogP contribution in [0.25, 0.3) is 0 Å². The zero-order valence-electron chi connectivity index (χ0n) is 18.7. The van der Waals surface area contributed by atoms with E-state index in [0.717, 1.165) is 48.3 Å². The lowest BCUT2D eigenvalue weighted by atomic mass is 9.48. The Morgan fingerprint density at radius 3 is 2.77 bits per heavy atom. The fraction of sp³-hybridized carbons (Fsp3) is 0.808. The quantitative estimate of drug-likeness (QED) is 0.651. The van der Waals surface area contributed by atoms with Crippen molar-refractivity contribution in [3.63, 3.8) is 0 Å². The van der Waals surface area contributed by atoms with Crippen molar-refractivity contribution in [2.45, 2.75) is 84.6 Å². The lowest BCUT2D eigenvalue weighted by Crippen LogP contribution is -2.50. The van der Waals surface area contributed by atoms with Crippen molar-refractivity contribution < 1.29 is 4.79 Å². The molecule has 1 aromatic heterocycles. The van der Waals surface area contributed by atoms with E-state index in [1.807, 2.05) is 0 Å². The first-order chi connectivity index (χ1) is 14.6. The van der Waals surface area contributed by atoms with Crippen LogP contribution in [0.5, 0.6) is 0 Å². The Kier molecular flexibility index (Phi) is 5.28. The molecule has 5 rings (SSSR count). The highest BCUT2D eigenvalue weighted by atomic mass is 16.1. The smallest absolute Gasteiger partial charge is 0.157 e. The molecule has 0 unspecified atom stereocenters. The van der Waals surface area contributed by atoms with Gasteiger partial charge in [-0.3, -0.25) is 9.48 Å². The summed E-state index contributed by atoms with van der Waals surface area (Å²) in [6.45, 7) is 5.13. The third-order valence-electron chi connectivity index (χ3n) is 10.1. The molecule has 0 amide bonds. The van der Waals surface area contributed by atoms with Gasteiger partial charge in [-0.2, -0.15) is 10.4 Å². The first kappa shape index (κ1) is 20.3. The van der Waals surface area contributed by atoms with Crippen molar-refractivity contribution in [2.24, 2.45) is 46.8 Å². The lowest BCUT2D eigenvalue weighted by molar-refractivity contribution is -0.133. The molecule has 4 fully saturated rings. The van der Waals surface area contributed by atoms with Crippen LogP contribution in [-0.2, 0) is 11.3 Å².